The molecule has 1 amide bonds. The van der Waals surface area contributed by atoms with E-state index in [0.717, 1.165) is 42.9 Å². The first-order valence-electron chi connectivity index (χ1n) is 13.4. The first kappa shape index (κ1) is 23.9. The van der Waals surface area contributed by atoms with Crippen LogP contribution in [0.5, 0.6) is 23.0 Å². The monoisotopic (exact) mass is 530 g/mol. The molecule has 39 heavy (non-hydrogen) atoms. The molecule has 10 heteroatoms. The van der Waals surface area contributed by atoms with E-state index in [0.29, 0.717) is 48.3 Å². The summed E-state index contributed by atoms with van der Waals surface area (Å²) in [6.07, 6.45) is 4.15. The van der Waals surface area contributed by atoms with E-state index < -0.39 is 0 Å². The van der Waals surface area contributed by atoms with Gasteiger partial charge in [0.1, 0.15) is 18.5 Å². The van der Waals surface area contributed by atoms with E-state index in [9.17, 15) is 4.79 Å². The van der Waals surface area contributed by atoms with Crippen molar-refractivity contribution in [3.8, 4) is 23.0 Å². The van der Waals surface area contributed by atoms with Gasteiger partial charge in [-0.25, -0.2) is 4.98 Å². The molecule has 0 spiro atoms. The Morgan fingerprint density at radius 2 is 1.74 bits per heavy atom. The third kappa shape index (κ3) is 4.99. The molecule has 1 aromatic heterocycles. The molecular formula is C29H30N4O6. The number of fused-ring (bicyclic) bond motifs is 4. The minimum atomic E-state index is -0.292. The summed E-state index contributed by atoms with van der Waals surface area (Å²) in [6, 6.07) is 15.3. The summed E-state index contributed by atoms with van der Waals surface area (Å²) in [4.78, 5) is 20.5. The molecule has 2 bridgehead atoms. The van der Waals surface area contributed by atoms with Gasteiger partial charge in [0.25, 0.3) is 5.91 Å². The van der Waals surface area contributed by atoms with Crippen LogP contribution in [0.3, 0.4) is 0 Å². The second kappa shape index (κ2) is 10.2. The molecule has 10 nitrogen and oxygen atoms in total. The minimum absolute atomic E-state index is 0.226. The predicted molar refractivity (Wildman–Crippen MR) is 143 cm³/mol. The Morgan fingerprint density at radius 1 is 0.949 bits per heavy atom. The lowest BCUT2D eigenvalue weighted by atomic mass is 10.1. The van der Waals surface area contributed by atoms with Crippen LogP contribution in [0.1, 0.15) is 28.8 Å². The number of pyridine rings is 1. The number of hydrogen-bond donors (Lipinski definition) is 2. The number of para-hydroxylation sites is 2. The Labute approximate surface area is 226 Å². The molecule has 2 fully saturated rings. The van der Waals surface area contributed by atoms with Gasteiger partial charge in [0.15, 0.2) is 23.0 Å². The van der Waals surface area contributed by atoms with E-state index in [1.807, 2.05) is 54.7 Å². The molecule has 2 saturated heterocycles. The Bertz CT molecular complexity index is 1370. The summed E-state index contributed by atoms with van der Waals surface area (Å²) < 4.78 is 28.7. The predicted octanol–water partition coefficient (Wildman–Crippen LogP) is 3.36. The summed E-state index contributed by atoms with van der Waals surface area (Å²) in [5.41, 5.74) is 2.39. The summed E-state index contributed by atoms with van der Waals surface area (Å²) in [5, 5.41) is 6.37. The lowest BCUT2D eigenvalue weighted by Gasteiger charge is -2.34. The normalized spacial score (nSPS) is 22.5. The van der Waals surface area contributed by atoms with Crippen LogP contribution in [-0.4, -0.2) is 62.2 Å². The fourth-order valence-corrected chi connectivity index (χ4v) is 5.47. The number of hydrogen-bond acceptors (Lipinski definition) is 9. The van der Waals surface area contributed by atoms with Gasteiger partial charge in [0.2, 0.25) is 6.79 Å². The number of carbonyl (C=O) groups excluding carboxylic acids is 1. The van der Waals surface area contributed by atoms with Gasteiger partial charge in [0.05, 0.1) is 36.2 Å². The van der Waals surface area contributed by atoms with Crippen LogP contribution in [0.25, 0.3) is 0 Å². The maximum atomic E-state index is 13.5. The van der Waals surface area contributed by atoms with Crippen molar-refractivity contribution in [3.05, 3.63) is 65.9 Å². The van der Waals surface area contributed by atoms with Crippen molar-refractivity contribution in [1.82, 2.24) is 10.3 Å². The van der Waals surface area contributed by atoms with Crippen LogP contribution in [0, 0.1) is 0 Å². The Hall–Kier alpha value is -4.18. The highest BCUT2D eigenvalue weighted by atomic mass is 16.7. The number of morpholine rings is 1. The molecule has 7 rings (SSSR count). The van der Waals surface area contributed by atoms with Crippen molar-refractivity contribution >= 4 is 17.4 Å². The standard InChI is InChI=1S/C29H30N4O6/c34-29(32-13-22-16-35-24-3-1-2-4-26(24)39-22)23-10-19(33-14-20-6-7-21(15-33)38-20)12-31-28(23)30-11-18-5-8-25-27(9-18)37-17-36-25/h1-5,8-10,12,20-22H,6-7,11,13-17H2,(H,30,31)(H,32,34)/t20-,21+,22-/m0/s1. The maximum Gasteiger partial charge on any atom is 0.255 e. The smallest absolute Gasteiger partial charge is 0.255 e. The largest absolute Gasteiger partial charge is 0.486 e. The van der Waals surface area contributed by atoms with Crippen LogP contribution >= 0.6 is 0 Å². The van der Waals surface area contributed by atoms with Crippen molar-refractivity contribution < 1.29 is 28.5 Å². The zero-order valence-electron chi connectivity index (χ0n) is 21.4. The van der Waals surface area contributed by atoms with Crippen LogP contribution in [0.2, 0.25) is 0 Å². The number of amides is 1. The summed E-state index contributed by atoms with van der Waals surface area (Å²) in [7, 11) is 0. The number of carbonyl (C=O) groups is 1. The van der Waals surface area contributed by atoms with Gasteiger partial charge in [0, 0.05) is 19.6 Å². The second-order valence-corrected chi connectivity index (χ2v) is 10.2. The lowest BCUT2D eigenvalue weighted by Crippen LogP contribution is -2.43. The van der Waals surface area contributed by atoms with Crippen molar-refractivity contribution in [2.45, 2.75) is 37.7 Å². The quantitative estimate of drug-likeness (QED) is 0.476. The fourth-order valence-electron chi connectivity index (χ4n) is 5.47. The van der Waals surface area contributed by atoms with Crippen LogP contribution in [-0.2, 0) is 11.3 Å². The average Bonchev–Trinajstić information content (AvgIpc) is 3.59. The van der Waals surface area contributed by atoms with E-state index in [4.69, 9.17) is 28.7 Å². The Kier molecular flexibility index (Phi) is 6.24. The van der Waals surface area contributed by atoms with E-state index in [1.54, 1.807) is 0 Å². The van der Waals surface area contributed by atoms with E-state index in [-0.39, 0.29) is 31.0 Å². The number of nitrogens with zero attached hydrogens (tertiary/aromatic N) is 2. The molecule has 5 heterocycles. The molecule has 4 aliphatic heterocycles. The average molecular weight is 531 g/mol. The topological polar surface area (TPSA) is 103 Å². The van der Waals surface area contributed by atoms with Gasteiger partial charge in [-0.3, -0.25) is 4.79 Å². The van der Waals surface area contributed by atoms with Gasteiger partial charge < -0.3 is 39.2 Å². The first-order chi connectivity index (χ1) is 19.2. The first-order valence-corrected chi connectivity index (χ1v) is 13.4. The molecule has 2 N–H and O–H groups in total. The highest BCUT2D eigenvalue weighted by Crippen LogP contribution is 2.34. The number of anilines is 2. The van der Waals surface area contributed by atoms with E-state index in [1.165, 1.54) is 0 Å². The third-order valence-corrected chi connectivity index (χ3v) is 7.48. The fraction of sp³-hybridized carbons (Fsp3) is 0.379. The molecule has 0 saturated carbocycles. The van der Waals surface area contributed by atoms with E-state index in [2.05, 4.69) is 15.5 Å². The Morgan fingerprint density at radius 3 is 2.62 bits per heavy atom. The van der Waals surface area contributed by atoms with Crippen LogP contribution < -0.4 is 34.5 Å². The summed E-state index contributed by atoms with van der Waals surface area (Å²) in [6.45, 7) is 2.97. The highest BCUT2D eigenvalue weighted by molar-refractivity contribution is 5.99. The molecular weight excluding hydrogens is 500 g/mol. The van der Waals surface area contributed by atoms with Crippen molar-refractivity contribution in [1.29, 1.82) is 0 Å². The molecule has 0 radical (unpaired) electrons. The molecule has 0 unspecified atom stereocenters. The van der Waals surface area contributed by atoms with Crippen LogP contribution in [0.15, 0.2) is 54.7 Å². The zero-order chi connectivity index (χ0) is 26.2. The number of benzene rings is 2. The minimum Gasteiger partial charge on any atom is -0.486 e. The number of nitrogens with one attached hydrogen (secondary N) is 2. The molecule has 3 aromatic rings. The van der Waals surface area contributed by atoms with E-state index >= 15 is 0 Å². The van der Waals surface area contributed by atoms with Crippen molar-refractivity contribution in [2.24, 2.45) is 0 Å². The van der Waals surface area contributed by atoms with Gasteiger partial charge in [-0.05, 0) is 48.7 Å². The highest BCUT2D eigenvalue weighted by Gasteiger charge is 2.34. The molecule has 202 valence electrons. The molecule has 2 aromatic carbocycles. The van der Waals surface area contributed by atoms with Crippen molar-refractivity contribution in [3.63, 3.8) is 0 Å². The van der Waals surface area contributed by atoms with Gasteiger partial charge in [-0.1, -0.05) is 18.2 Å². The number of rotatable bonds is 7. The van der Waals surface area contributed by atoms with Gasteiger partial charge in [-0.15, -0.1) is 0 Å². The molecule has 4 aliphatic rings. The zero-order valence-corrected chi connectivity index (χ0v) is 21.4. The summed E-state index contributed by atoms with van der Waals surface area (Å²) in [5.74, 6) is 3.13. The summed E-state index contributed by atoms with van der Waals surface area (Å²) >= 11 is 0. The SMILES string of the molecule is O=C(NC[C@H]1COc2ccccc2O1)c1cc(N2C[C@H]3CC[C@@H](C2)O3)cnc1NCc1ccc2c(c1)OCO2. The number of ether oxygens (including phenoxy) is 5. The van der Waals surface area contributed by atoms with Gasteiger partial charge >= 0.3 is 0 Å². The van der Waals surface area contributed by atoms with Crippen molar-refractivity contribution in [2.75, 3.05) is 43.3 Å². The lowest BCUT2D eigenvalue weighted by molar-refractivity contribution is 0.0305. The number of aromatic nitrogens is 1. The molecule has 0 aliphatic carbocycles. The van der Waals surface area contributed by atoms with Crippen LogP contribution in [0.4, 0.5) is 11.5 Å². The second-order valence-electron chi connectivity index (χ2n) is 10.2. The van der Waals surface area contributed by atoms with Gasteiger partial charge in [-0.2, -0.15) is 0 Å². The molecule has 3 atom stereocenters. The maximum absolute atomic E-state index is 13.5. The third-order valence-electron chi connectivity index (χ3n) is 7.48. The Balaban J connectivity index is 1.08.